The Labute approximate surface area is 99.4 Å². The molecule has 1 aromatic rings. The van der Waals surface area contributed by atoms with E-state index in [0.29, 0.717) is 5.56 Å². The lowest BCUT2D eigenvalue weighted by Gasteiger charge is -2.10. The molecule has 0 radical (unpaired) electrons. The number of esters is 1. The number of phenols is 1. The lowest BCUT2D eigenvalue weighted by molar-refractivity contribution is -0.142. The van der Waals surface area contributed by atoms with Gasteiger partial charge < -0.3 is 15.6 Å². The van der Waals surface area contributed by atoms with Crippen LogP contribution in [0, 0.1) is 11.3 Å². The first-order valence-electron chi connectivity index (χ1n) is 5.23. The van der Waals surface area contributed by atoms with Crippen molar-refractivity contribution in [2.45, 2.75) is 19.9 Å². The average Bonchev–Trinajstić information content (AvgIpc) is 2.32. The van der Waals surface area contributed by atoms with Crippen LogP contribution in [0.25, 0.3) is 0 Å². The number of carbonyl (C=O) groups excluding carboxylic acids is 1. The molecular formula is C12H14N2O3. The number of nitrogens with two attached hydrogens (primary N) is 1. The van der Waals surface area contributed by atoms with Crippen LogP contribution in [0.1, 0.15) is 23.6 Å². The number of carbonyl (C=O) groups is 1. The SMILES string of the molecule is CCOC(=O)Cc1c(C#N)ccc(CN)c1O. The first-order chi connectivity index (χ1) is 8.13. The van der Waals surface area contributed by atoms with Crippen LogP contribution in [0.4, 0.5) is 0 Å². The Hall–Kier alpha value is -2.06. The monoisotopic (exact) mass is 234 g/mol. The molecule has 0 unspecified atom stereocenters. The molecule has 0 bridgehead atoms. The third kappa shape index (κ3) is 2.95. The fourth-order valence-corrected chi connectivity index (χ4v) is 1.49. The highest BCUT2D eigenvalue weighted by molar-refractivity contribution is 5.75. The van der Waals surface area contributed by atoms with Gasteiger partial charge in [-0.3, -0.25) is 4.79 Å². The summed E-state index contributed by atoms with van der Waals surface area (Å²) in [5.74, 6) is -0.576. The highest BCUT2D eigenvalue weighted by Gasteiger charge is 2.15. The lowest BCUT2D eigenvalue weighted by Crippen LogP contribution is -2.10. The Balaban J connectivity index is 3.11. The maximum absolute atomic E-state index is 11.4. The van der Waals surface area contributed by atoms with Gasteiger partial charge in [0.25, 0.3) is 0 Å². The molecule has 0 fully saturated rings. The molecule has 17 heavy (non-hydrogen) atoms. The van der Waals surface area contributed by atoms with Crippen molar-refractivity contribution in [3.8, 4) is 11.8 Å². The van der Waals surface area contributed by atoms with Gasteiger partial charge in [-0.05, 0) is 13.0 Å². The van der Waals surface area contributed by atoms with Gasteiger partial charge in [-0.1, -0.05) is 6.07 Å². The summed E-state index contributed by atoms with van der Waals surface area (Å²) in [6.45, 7) is 2.10. The predicted molar refractivity (Wildman–Crippen MR) is 61.1 cm³/mol. The van der Waals surface area contributed by atoms with E-state index in [1.54, 1.807) is 13.0 Å². The maximum Gasteiger partial charge on any atom is 0.310 e. The van der Waals surface area contributed by atoms with Crippen molar-refractivity contribution in [3.05, 3.63) is 28.8 Å². The van der Waals surface area contributed by atoms with Gasteiger partial charge >= 0.3 is 5.97 Å². The fraction of sp³-hybridized carbons (Fsp3) is 0.333. The third-order valence-corrected chi connectivity index (χ3v) is 2.33. The van der Waals surface area contributed by atoms with E-state index in [2.05, 4.69) is 0 Å². The van der Waals surface area contributed by atoms with Gasteiger partial charge in [-0.2, -0.15) is 5.26 Å². The predicted octanol–water partition coefficient (Wildman–Crippen LogP) is 0.828. The number of rotatable bonds is 4. The highest BCUT2D eigenvalue weighted by atomic mass is 16.5. The molecule has 5 nitrogen and oxygen atoms in total. The maximum atomic E-state index is 11.4. The number of nitrogens with zero attached hydrogens (tertiary/aromatic N) is 1. The molecule has 1 aromatic carbocycles. The first kappa shape index (κ1) is 13.0. The largest absolute Gasteiger partial charge is 0.507 e. The molecule has 0 aliphatic carbocycles. The van der Waals surface area contributed by atoms with Crippen molar-refractivity contribution in [2.24, 2.45) is 5.73 Å². The fourth-order valence-electron chi connectivity index (χ4n) is 1.49. The van der Waals surface area contributed by atoms with Crippen LogP contribution in [0.15, 0.2) is 12.1 Å². The number of benzene rings is 1. The van der Waals surface area contributed by atoms with Gasteiger partial charge in [0.1, 0.15) is 5.75 Å². The zero-order chi connectivity index (χ0) is 12.8. The van der Waals surface area contributed by atoms with Gasteiger partial charge in [-0.15, -0.1) is 0 Å². The van der Waals surface area contributed by atoms with Crippen molar-refractivity contribution in [1.82, 2.24) is 0 Å². The van der Waals surface area contributed by atoms with Crippen LogP contribution < -0.4 is 5.73 Å². The van der Waals surface area contributed by atoms with E-state index < -0.39 is 5.97 Å². The minimum Gasteiger partial charge on any atom is -0.507 e. The Morgan fingerprint density at radius 1 is 1.59 bits per heavy atom. The van der Waals surface area contributed by atoms with Crippen molar-refractivity contribution in [3.63, 3.8) is 0 Å². The summed E-state index contributed by atoms with van der Waals surface area (Å²) in [5, 5.41) is 18.8. The normalized spacial score (nSPS) is 9.71. The molecule has 0 amide bonds. The Kier molecular flexibility index (Phi) is 4.49. The van der Waals surface area contributed by atoms with Crippen molar-refractivity contribution in [2.75, 3.05) is 6.61 Å². The summed E-state index contributed by atoms with van der Waals surface area (Å²) in [6.07, 6.45) is -0.129. The summed E-state index contributed by atoms with van der Waals surface area (Å²) in [6, 6.07) is 5.04. The highest BCUT2D eigenvalue weighted by Crippen LogP contribution is 2.26. The molecule has 0 aromatic heterocycles. The van der Waals surface area contributed by atoms with Crippen molar-refractivity contribution >= 4 is 5.97 Å². The van der Waals surface area contributed by atoms with E-state index in [1.165, 1.54) is 6.07 Å². The zero-order valence-electron chi connectivity index (χ0n) is 9.56. The van der Waals surface area contributed by atoms with E-state index in [4.69, 9.17) is 15.7 Å². The number of aromatic hydroxyl groups is 1. The molecule has 0 heterocycles. The second-order valence-electron chi connectivity index (χ2n) is 3.40. The molecule has 3 N–H and O–H groups in total. The summed E-state index contributed by atoms with van der Waals surface area (Å²) in [7, 11) is 0. The number of hydrogen-bond donors (Lipinski definition) is 2. The van der Waals surface area contributed by atoms with Crippen LogP contribution in [0.3, 0.4) is 0 Å². The van der Waals surface area contributed by atoms with Crippen LogP contribution in [0.2, 0.25) is 0 Å². The molecule has 0 aliphatic heterocycles. The number of nitriles is 1. The molecular weight excluding hydrogens is 220 g/mol. The lowest BCUT2D eigenvalue weighted by atomic mass is 10.00. The molecule has 0 atom stereocenters. The number of phenolic OH excluding ortho intramolecular Hbond substituents is 1. The van der Waals surface area contributed by atoms with Crippen LogP contribution in [-0.2, 0) is 22.5 Å². The van der Waals surface area contributed by atoms with Crippen molar-refractivity contribution in [1.29, 1.82) is 5.26 Å². The van der Waals surface area contributed by atoms with Gasteiger partial charge in [0.15, 0.2) is 0 Å². The average molecular weight is 234 g/mol. The first-order valence-corrected chi connectivity index (χ1v) is 5.23. The Morgan fingerprint density at radius 3 is 2.82 bits per heavy atom. The van der Waals surface area contributed by atoms with E-state index in [0.717, 1.165) is 0 Å². The topological polar surface area (TPSA) is 96.3 Å². The summed E-state index contributed by atoms with van der Waals surface area (Å²) in [4.78, 5) is 11.4. The van der Waals surface area contributed by atoms with Crippen LogP contribution >= 0.6 is 0 Å². The Morgan fingerprint density at radius 2 is 2.29 bits per heavy atom. The van der Waals surface area contributed by atoms with Crippen LogP contribution in [0.5, 0.6) is 5.75 Å². The summed E-state index contributed by atoms with van der Waals surface area (Å²) < 4.78 is 4.78. The molecule has 0 saturated carbocycles. The van der Waals surface area contributed by atoms with Gasteiger partial charge in [0.05, 0.1) is 24.7 Å². The van der Waals surface area contributed by atoms with E-state index in [9.17, 15) is 9.90 Å². The van der Waals surface area contributed by atoms with Crippen molar-refractivity contribution < 1.29 is 14.6 Å². The zero-order valence-corrected chi connectivity index (χ0v) is 9.56. The van der Waals surface area contributed by atoms with Gasteiger partial charge in [0, 0.05) is 17.7 Å². The number of hydrogen-bond acceptors (Lipinski definition) is 5. The van der Waals surface area contributed by atoms with E-state index in [1.807, 2.05) is 6.07 Å². The molecule has 0 spiro atoms. The third-order valence-electron chi connectivity index (χ3n) is 2.33. The second kappa shape index (κ2) is 5.87. The number of ether oxygens (including phenoxy) is 1. The molecule has 5 heteroatoms. The Bertz CT molecular complexity index is 464. The van der Waals surface area contributed by atoms with Crippen LogP contribution in [-0.4, -0.2) is 17.7 Å². The van der Waals surface area contributed by atoms with E-state index in [-0.39, 0.29) is 36.4 Å². The summed E-state index contributed by atoms with van der Waals surface area (Å²) in [5.41, 5.74) is 6.47. The van der Waals surface area contributed by atoms with Gasteiger partial charge in [0.2, 0.25) is 0 Å². The molecule has 0 saturated heterocycles. The van der Waals surface area contributed by atoms with Gasteiger partial charge in [-0.25, -0.2) is 0 Å². The minimum absolute atomic E-state index is 0.0976. The molecule has 1 rings (SSSR count). The standard InChI is InChI=1S/C12H14N2O3/c1-2-17-11(15)5-10-8(6-13)3-4-9(7-14)12(10)16/h3-4,16H,2,5,7,14H2,1H3. The quantitative estimate of drug-likeness (QED) is 0.752. The smallest absolute Gasteiger partial charge is 0.310 e. The minimum atomic E-state index is -0.478. The molecule has 0 aliphatic rings. The second-order valence-corrected chi connectivity index (χ2v) is 3.40. The summed E-state index contributed by atoms with van der Waals surface area (Å²) >= 11 is 0. The molecule has 90 valence electrons. The van der Waals surface area contributed by atoms with E-state index >= 15 is 0 Å².